The lowest BCUT2D eigenvalue weighted by molar-refractivity contribution is -0.384. The molecule has 0 spiro atoms. The highest BCUT2D eigenvalue weighted by Crippen LogP contribution is 2.29. The zero-order chi connectivity index (χ0) is 15.6. The van der Waals surface area contributed by atoms with Crippen LogP contribution in [-0.4, -0.2) is 40.0 Å². The maximum absolute atomic E-state index is 12.6. The van der Waals surface area contributed by atoms with Gasteiger partial charge in [-0.3, -0.25) is 20.8 Å². The number of carbonyl (C=O) groups excluding carboxylic acids is 1. The molecule has 0 bridgehead atoms. The van der Waals surface area contributed by atoms with Crippen molar-refractivity contribution < 1.29 is 14.8 Å². The SMILES string of the molecule is CC1CCN(C(=O)c2cc([N+](=O)[O-])ccc2NN)C1CO. The molecule has 1 heterocycles. The van der Waals surface area contributed by atoms with E-state index in [0.717, 1.165) is 6.42 Å². The molecule has 1 fully saturated rings. The van der Waals surface area contributed by atoms with Crippen LogP contribution in [0.4, 0.5) is 11.4 Å². The number of benzene rings is 1. The molecule has 0 aromatic heterocycles. The van der Waals surface area contributed by atoms with E-state index < -0.39 is 4.92 Å². The first kappa shape index (κ1) is 15.2. The number of nitro groups is 1. The maximum Gasteiger partial charge on any atom is 0.270 e. The largest absolute Gasteiger partial charge is 0.394 e. The van der Waals surface area contributed by atoms with Crippen LogP contribution < -0.4 is 11.3 Å². The summed E-state index contributed by atoms with van der Waals surface area (Å²) in [6, 6.07) is 3.61. The predicted octanol–water partition coefficient (Wildman–Crippen LogP) is 0.723. The maximum atomic E-state index is 12.6. The van der Waals surface area contributed by atoms with Crippen LogP contribution in [0.15, 0.2) is 18.2 Å². The van der Waals surface area contributed by atoms with E-state index in [4.69, 9.17) is 5.84 Å². The molecular formula is C13H18N4O4. The van der Waals surface area contributed by atoms with E-state index in [1.54, 1.807) is 4.90 Å². The molecule has 1 amide bonds. The van der Waals surface area contributed by atoms with E-state index in [1.165, 1.54) is 18.2 Å². The first-order chi connectivity index (χ1) is 9.99. The minimum absolute atomic E-state index is 0.132. The van der Waals surface area contributed by atoms with Crippen LogP contribution in [0.3, 0.4) is 0 Å². The Hall–Kier alpha value is -2.19. The van der Waals surface area contributed by atoms with Gasteiger partial charge in [-0.1, -0.05) is 6.92 Å². The number of hydrazine groups is 1. The lowest BCUT2D eigenvalue weighted by Gasteiger charge is -2.26. The zero-order valence-electron chi connectivity index (χ0n) is 11.7. The number of carbonyl (C=O) groups is 1. The number of hydrogen-bond donors (Lipinski definition) is 3. The van der Waals surface area contributed by atoms with E-state index >= 15 is 0 Å². The van der Waals surface area contributed by atoms with Crippen molar-refractivity contribution in [1.29, 1.82) is 0 Å². The highest BCUT2D eigenvalue weighted by atomic mass is 16.6. The summed E-state index contributed by atoms with van der Waals surface area (Å²) in [4.78, 5) is 24.5. The van der Waals surface area contributed by atoms with Crippen molar-refractivity contribution in [1.82, 2.24) is 4.90 Å². The summed E-state index contributed by atoms with van der Waals surface area (Å²) in [5.74, 6) is 5.19. The molecule has 2 rings (SSSR count). The van der Waals surface area contributed by atoms with Crippen LogP contribution >= 0.6 is 0 Å². The lowest BCUT2D eigenvalue weighted by Crippen LogP contribution is -2.40. The van der Waals surface area contributed by atoms with Gasteiger partial charge < -0.3 is 15.4 Å². The average Bonchev–Trinajstić information content (AvgIpc) is 2.86. The number of nitrogens with one attached hydrogen (secondary N) is 1. The summed E-state index contributed by atoms with van der Waals surface area (Å²) in [5.41, 5.74) is 2.66. The number of aliphatic hydroxyl groups excluding tert-OH is 1. The Kier molecular flexibility index (Phi) is 4.39. The third-order valence-electron chi connectivity index (χ3n) is 3.93. The van der Waals surface area contributed by atoms with E-state index in [9.17, 15) is 20.0 Å². The van der Waals surface area contributed by atoms with E-state index in [1.807, 2.05) is 6.92 Å². The number of nitrogens with zero attached hydrogens (tertiary/aromatic N) is 2. The molecule has 114 valence electrons. The standard InChI is InChI=1S/C13H18N4O4/c1-8-4-5-16(12(8)7-18)13(19)10-6-9(17(20)21)2-3-11(10)15-14/h2-3,6,8,12,15,18H,4-5,7,14H2,1H3. The highest BCUT2D eigenvalue weighted by Gasteiger charge is 2.35. The summed E-state index contributed by atoms with van der Waals surface area (Å²) in [5, 5.41) is 20.3. The molecule has 1 saturated heterocycles. The number of nitrogen functional groups attached to an aromatic ring is 1. The number of hydrogen-bond acceptors (Lipinski definition) is 6. The minimum atomic E-state index is -0.562. The molecule has 2 atom stereocenters. The fraction of sp³-hybridized carbons (Fsp3) is 0.462. The first-order valence-electron chi connectivity index (χ1n) is 6.66. The van der Waals surface area contributed by atoms with Crippen LogP contribution in [0.5, 0.6) is 0 Å². The second-order valence-electron chi connectivity index (χ2n) is 5.15. The van der Waals surface area contributed by atoms with Crippen molar-refractivity contribution in [2.24, 2.45) is 11.8 Å². The number of aliphatic hydroxyl groups is 1. The van der Waals surface area contributed by atoms with Gasteiger partial charge in [0.2, 0.25) is 0 Å². The molecule has 21 heavy (non-hydrogen) atoms. The number of likely N-dealkylation sites (tertiary alicyclic amines) is 1. The van der Waals surface area contributed by atoms with E-state index in [-0.39, 0.29) is 35.7 Å². The fourth-order valence-corrected chi connectivity index (χ4v) is 2.64. The number of non-ortho nitro benzene ring substituents is 1. The molecule has 0 saturated carbocycles. The van der Waals surface area contributed by atoms with Gasteiger partial charge in [0.05, 0.1) is 28.8 Å². The van der Waals surface area contributed by atoms with Crippen LogP contribution in [0.2, 0.25) is 0 Å². The van der Waals surface area contributed by atoms with Crippen molar-refractivity contribution in [2.45, 2.75) is 19.4 Å². The molecular weight excluding hydrogens is 276 g/mol. The number of nitro benzene ring substituents is 1. The third-order valence-corrected chi connectivity index (χ3v) is 3.93. The molecule has 0 aliphatic carbocycles. The van der Waals surface area contributed by atoms with Gasteiger partial charge in [-0.2, -0.15) is 0 Å². The molecule has 1 aliphatic heterocycles. The van der Waals surface area contributed by atoms with Crippen molar-refractivity contribution >= 4 is 17.3 Å². The summed E-state index contributed by atoms with van der Waals surface area (Å²) >= 11 is 0. The Labute approximate surface area is 121 Å². The Bertz CT molecular complexity index is 563. The van der Waals surface area contributed by atoms with Gasteiger partial charge in [0.25, 0.3) is 11.6 Å². The second-order valence-corrected chi connectivity index (χ2v) is 5.15. The van der Waals surface area contributed by atoms with E-state index in [2.05, 4.69) is 5.43 Å². The monoisotopic (exact) mass is 294 g/mol. The Morgan fingerprint density at radius 2 is 2.33 bits per heavy atom. The smallest absolute Gasteiger partial charge is 0.270 e. The topological polar surface area (TPSA) is 122 Å². The number of amides is 1. The molecule has 8 nitrogen and oxygen atoms in total. The predicted molar refractivity (Wildman–Crippen MR) is 76.6 cm³/mol. The Morgan fingerprint density at radius 3 is 2.90 bits per heavy atom. The van der Waals surface area contributed by atoms with Crippen molar-refractivity contribution in [2.75, 3.05) is 18.6 Å². The third kappa shape index (κ3) is 2.81. The average molecular weight is 294 g/mol. The molecule has 1 aromatic carbocycles. The summed E-state index contributed by atoms with van der Waals surface area (Å²) in [6.07, 6.45) is 0.789. The lowest BCUT2D eigenvalue weighted by atomic mass is 10.0. The Morgan fingerprint density at radius 1 is 1.62 bits per heavy atom. The number of anilines is 1. The molecule has 2 unspecified atom stereocenters. The molecule has 1 aliphatic rings. The molecule has 1 aromatic rings. The van der Waals surface area contributed by atoms with Crippen molar-refractivity contribution in [3.05, 3.63) is 33.9 Å². The van der Waals surface area contributed by atoms with Gasteiger partial charge in [-0.05, 0) is 18.4 Å². The van der Waals surface area contributed by atoms with Crippen molar-refractivity contribution in [3.8, 4) is 0 Å². The minimum Gasteiger partial charge on any atom is -0.394 e. The highest BCUT2D eigenvalue weighted by molar-refractivity contribution is 6.00. The summed E-state index contributed by atoms with van der Waals surface area (Å²) in [6.45, 7) is 2.34. The van der Waals surface area contributed by atoms with Crippen LogP contribution in [0.25, 0.3) is 0 Å². The van der Waals surface area contributed by atoms with Crippen molar-refractivity contribution in [3.63, 3.8) is 0 Å². The first-order valence-corrected chi connectivity index (χ1v) is 6.66. The van der Waals surface area contributed by atoms with Crippen LogP contribution in [0, 0.1) is 16.0 Å². The Balaban J connectivity index is 2.38. The summed E-state index contributed by atoms with van der Waals surface area (Å²) in [7, 11) is 0. The van der Waals surface area contributed by atoms with Gasteiger partial charge >= 0.3 is 0 Å². The van der Waals surface area contributed by atoms with Crippen LogP contribution in [-0.2, 0) is 0 Å². The van der Waals surface area contributed by atoms with Gasteiger partial charge in [0.1, 0.15) is 0 Å². The number of nitrogens with two attached hydrogens (primary N) is 1. The molecule has 8 heteroatoms. The normalized spacial score (nSPS) is 21.4. The molecule has 4 N–H and O–H groups in total. The fourth-order valence-electron chi connectivity index (χ4n) is 2.64. The van der Waals surface area contributed by atoms with Gasteiger partial charge in [-0.15, -0.1) is 0 Å². The van der Waals surface area contributed by atoms with Gasteiger partial charge in [0, 0.05) is 18.7 Å². The molecule has 0 radical (unpaired) electrons. The van der Waals surface area contributed by atoms with E-state index in [0.29, 0.717) is 12.2 Å². The van der Waals surface area contributed by atoms with Gasteiger partial charge in [0.15, 0.2) is 0 Å². The number of rotatable bonds is 4. The van der Waals surface area contributed by atoms with Gasteiger partial charge in [-0.25, -0.2) is 0 Å². The quantitative estimate of drug-likeness (QED) is 0.427. The summed E-state index contributed by atoms with van der Waals surface area (Å²) < 4.78 is 0. The zero-order valence-corrected chi connectivity index (χ0v) is 11.7. The second kappa shape index (κ2) is 6.06. The van der Waals surface area contributed by atoms with Crippen LogP contribution in [0.1, 0.15) is 23.7 Å².